The molecule has 0 aliphatic heterocycles. The van der Waals surface area contributed by atoms with Gasteiger partial charge in [-0.25, -0.2) is 0 Å². The molecule has 1 fully saturated rings. The summed E-state index contributed by atoms with van der Waals surface area (Å²) in [6, 6.07) is 6.80. The maximum absolute atomic E-state index is 12.5. The van der Waals surface area contributed by atoms with Gasteiger partial charge in [-0.15, -0.1) is 27.0 Å². The van der Waals surface area contributed by atoms with E-state index in [0.717, 1.165) is 30.6 Å². The van der Waals surface area contributed by atoms with Crippen LogP contribution in [0.2, 0.25) is 0 Å². The van der Waals surface area contributed by atoms with E-state index in [4.69, 9.17) is 23.2 Å². The summed E-state index contributed by atoms with van der Waals surface area (Å²) in [4.78, 5) is 0.255. The normalized spacial score (nSPS) is 21.7. The number of rotatable bonds is 7. The van der Waals surface area contributed by atoms with Crippen molar-refractivity contribution in [3.8, 4) is 0 Å². The fourth-order valence-electron chi connectivity index (χ4n) is 2.04. The Balaban J connectivity index is 2.20. The molecule has 0 radical (unpaired) electrons. The maximum atomic E-state index is 12.5. The van der Waals surface area contributed by atoms with Crippen molar-refractivity contribution >= 4 is 43.9 Å². The summed E-state index contributed by atoms with van der Waals surface area (Å²) >= 11 is 12.1. The molecule has 0 bridgehead atoms. The lowest BCUT2D eigenvalue weighted by Crippen LogP contribution is -2.10. The largest absolute Gasteiger partial charge is 0.287 e. The van der Waals surface area contributed by atoms with Gasteiger partial charge in [0.15, 0.2) is 0 Å². The summed E-state index contributed by atoms with van der Waals surface area (Å²) < 4.78 is 28.4. The topological polar surface area (TPSA) is 46.5 Å². The summed E-state index contributed by atoms with van der Waals surface area (Å²) in [5.74, 6) is 1.60. The van der Waals surface area contributed by atoms with Crippen LogP contribution in [0.15, 0.2) is 32.9 Å². The average molecular weight is 382 g/mol. The summed E-state index contributed by atoms with van der Waals surface area (Å²) in [7, 11) is -4.16. The minimum Gasteiger partial charge on any atom is -0.199 e. The van der Waals surface area contributed by atoms with Crippen LogP contribution in [0.25, 0.3) is 0 Å². The van der Waals surface area contributed by atoms with Gasteiger partial charge in [0.2, 0.25) is 0 Å². The number of alkyl halides is 2. The molecule has 1 aliphatic rings. The molecule has 1 aliphatic carbocycles. The number of hydrogen-bond donors (Lipinski definition) is 0. The van der Waals surface area contributed by atoms with E-state index in [0.29, 0.717) is 5.75 Å². The van der Waals surface area contributed by atoms with Crippen LogP contribution in [-0.2, 0) is 20.7 Å². The van der Waals surface area contributed by atoms with Crippen molar-refractivity contribution in [3.63, 3.8) is 0 Å². The van der Waals surface area contributed by atoms with Crippen LogP contribution in [0.4, 0.5) is 0 Å². The second kappa shape index (κ2) is 7.20. The van der Waals surface area contributed by atoms with Crippen molar-refractivity contribution in [2.75, 3.05) is 11.5 Å². The molecule has 0 saturated heterocycles. The van der Waals surface area contributed by atoms with Gasteiger partial charge in [0, 0.05) is 17.4 Å². The number of unbranched alkanes of at least 4 members (excludes halogenated alkanes) is 1. The minimum atomic E-state index is -3.61. The third-order valence-corrected chi connectivity index (χ3v) is 8.57. The molecule has 0 spiro atoms. The molecule has 124 valence electrons. The van der Waals surface area contributed by atoms with Crippen LogP contribution < -0.4 is 0 Å². The van der Waals surface area contributed by atoms with Crippen molar-refractivity contribution in [1.82, 2.24) is 0 Å². The zero-order chi connectivity index (χ0) is 16.4. The van der Waals surface area contributed by atoms with Crippen LogP contribution in [0.1, 0.15) is 31.7 Å². The van der Waals surface area contributed by atoms with E-state index in [2.05, 4.69) is 10.7 Å². The highest BCUT2D eigenvalue weighted by molar-refractivity contribution is 8.00. The van der Waals surface area contributed by atoms with Crippen molar-refractivity contribution in [2.45, 2.75) is 42.3 Å². The Morgan fingerprint density at radius 1 is 1.32 bits per heavy atom. The van der Waals surface area contributed by atoms with Gasteiger partial charge in [0.25, 0.3) is 10.0 Å². The van der Waals surface area contributed by atoms with Crippen LogP contribution >= 0.6 is 23.2 Å². The van der Waals surface area contributed by atoms with E-state index in [1.54, 1.807) is 24.3 Å². The quantitative estimate of drug-likeness (QED) is 0.653. The molecule has 0 amide bonds. The summed E-state index contributed by atoms with van der Waals surface area (Å²) in [5.41, 5.74) is 1.02. The first-order chi connectivity index (χ1) is 10.2. The molecule has 2 atom stereocenters. The lowest BCUT2D eigenvalue weighted by Gasteiger charge is -2.08. The smallest absolute Gasteiger partial charge is 0.199 e. The van der Waals surface area contributed by atoms with E-state index in [9.17, 15) is 8.42 Å². The lowest BCUT2D eigenvalue weighted by molar-refractivity contribution is 0.598. The predicted molar refractivity (Wildman–Crippen MR) is 95.3 cm³/mol. The second-order valence-electron chi connectivity index (χ2n) is 5.71. The van der Waals surface area contributed by atoms with Gasteiger partial charge in [-0.2, -0.15) is 8.42 Å². The predicted octanol–water partition coefficient (Wildman–Crippen LogP) is 4.48. The number of hydrogen-bond acceptors (Lipinski definition) is 2. The Kier molecular flexibility index (Phi) is 5.97. The number of sulfonamides is 1. The van der Waals surface area contributed by atoms with E-state index >= 15 is 0 Å². The van der Waals surface area contributed by atoms with Crippen LogP contribution in [0.5, 0.6) is 0 Å². The third-order valence-electron chi connectivity index (χ3n) is 3.61. The number of aryl methyl sites for hydroxylation is 1. The molecule has 3 nitrogen and oxygen atoms in total. The molecule has 0 unspecified atom stereocenters. The second-order valence-corrected chi connectivity index (χ2v) is 10.9. The fraction of sp³-hybridized carbons (Fsp3) is 0.600. The highest BCUT2D eigenvalue weighted by Crippen LogP contribution is 2.53. The first-order valence-electron chi connectivity index (χ1n) is 7.35. The van der Waals surface area contributed by atoms with Gasteiger partial charge in [0.1, 0.15) is 4.33 Å². The summed E-state index contributed by atoms with van der Waals surface area (Å²) in [6.45, 7) is 4.01. The molecule has 0 aromatic heterocycles. The Labute approximate surface area is 145 Å². The van der Waals surface area contributed by atoms with Crippen LogP contribution in [0.3, 0.4) is 0 Å². The summed E-state index contributed by atoms with van der Waals surface area (Å²) in [5, 5.41) is 0. The first-order valence-corrected chi connectivity index (χ1v) is 11.1. The minimum absolute atomic E-state index is 0.160. The Hall–Kier alpha value is -0.1000. The zero-order valence-corrected chi connectivity index (χ0v) is 15.9. The van der Waals surface area contributed by atoms with Gasteiger partial charge < -0.3 is 0 Å². The van der Waals surface area contributed by atoms with Gasteiger partial charge >= 0.3 is 0 Å². The molecule has 22 heavy (non-hydrogen) atoms. The van der Waals surface area contributed by atoms with E-state index in [-0.39, 0.29) is 10.8 Å². The van der Waals surface area contributed by atoms with Crippen molar-refractivity contribution < 1.29 is 8.42 Å². The average Bonchev–Trinajstić information content (AvgIpc) is 3.03. The maximum Gasteiger partial charge on any atom is 0.287 e. The first kappa shape index (κ1) is 18.2. The molecular formula is C15H21Cl2NO2S2. The Morgan fingerprint density at radius 2 is 1.91 bits per heavy atom. The highest BCUT2D eigenvalue weighted by Gasteiger charge is 2.51. The van der Waals surface area contributed by atoms with Crippen molar-refractivity contribution in [2.24, 2.45) is 9.69 Å². The fourth-order valence-corrected chi connectivity index (χ4v) is 6.88. The molecule has 1 aromatic carbocycles. The Bertz CT molecular complexity index is 655. The number of nitrogens with zero attached hydrogens (tertiary/aromatic N) is 1. The van der Waals surface area contributed by atoms with Crippen molar-refractivity contribution in [1.29, 1.82) is 0 Å². The molecule has 1 saturated carbocycles. The van der Waals surface area contributed by atoms with E-state index in [1.807, 2.05) is 6.92 Å². The number of benzene rings is 1. The van der Waals surface area contributed by atoms with Gasteiger partial charge in [-0.05, 0) is 31.9 Å². The van der Waals surface area contributed by atoms with Crippen LogP contribution in [-0.4, -0.2) is 24.3 Å². The highest BCUT2D eigenvalue weighted by atomic mass is 35.5. The SMILES string of the molecule is CCCC[S@@](C[C@@H]1CC1(Cl)Cl)=NS(=O)(=O)c1ccc(C)cc1. The van der Waals surface area contributed by atoms with E-state index in [1.165, 1.54) is 0 Å². The van der Waals surface area contributed by atoms with Crippen molar-refractivity contribution in [3.05, 3.63) is 29.8 Å². The molecular weight excluding hydrogens is 361 g/mol. The number of halogens is 2. The van der Waals surface area contributed by atoms with E-state index < -0.39 is 25.0 Å². The molecule has 7 heteroatoms. The molecule has 0 N–H and O–H groups in total. The van der Waals surface area contributed by atoms with Gasteiger partial charge in [-0.3, -0.25) is 0 Å². The lowest BCUT2D eigenvalue weighted by atomic mass is 10.2. The molecule has 0 heterocycles. The molecule has 2 rings (SSSR count). The molecule has 1 aromatic rings. The summed E-state index contributed by atoms with van der Waals surface area (Å²) in [6.07, 6.45) is 2.70. The Morgan fingerprint density at radius 3 is 2.41 bits per heavy atom. The standard InChI is InChI=1S/C15H21Cl2NO2S2/c1-3-4-9-21(11-13-10-15(13,16)17)18-22(19,20)14-7-5-12(2)6-8-14/h5-8,13H,3-4,9-11H2,1-2H3/t13-,21-/m0/s1. The van der Waals surface area contributed by atoms with Gasteiger partial charge in [-0.1, -0.05) is 41.7 Å². The van der Waals surface area contributed by atoms with Crippen LogP contribution in [0, 0.1) is 12.8 Å². The monoisotopic (exact) mass is 381 g/mol. The zero-order valence-electron chi connectivity index (χ0n) is 12.8. The third kappa shape index (κ3) is 4.95. The van der Waals surface area contributed by atoms with Gasteiger partial charge in [0.05, 0.1) is 4.90 Å².